The van der Waals surface area contributed by atoms with Crippen molar-refractivity contribution in [3.05, 3.63) is 105 Å². The molecule has 8 heteroatoms. The van der Waals surface area contributed by atoms with Gasteiger partial charge in [0.25, 0.3) is 5.69 Å². The van der Waals surface area contributed by atoms with Crippen LogP contribution in [0.15, 0.2) is 72.8 Å². The lowest BCUT2D eigenvalue weighted by Crippen LogP contribution is -2.57. The van der Waals surface area contributed by atoms with Crippen molar-refractivity contribution in [3.8, 4) is 0 Å². The molecule has 3 aromatic carbocycles. The molecule has 1 saturated heterocycles. The normalized spacial score (nSPS) is 26.5. The number of hydrogen-bond acceptors (Lipinski definition) is 5. The molecule has 8 nitrogen and oxygen atoms in total. The topological polar surface area (TPSA) is 118 Å². The van der Waals surface area contributed by atoms with Crippen molar-refractivity contribution in [1.82, 2.24) is 0 Å². The van der Waals surface area contributed by atoms with Gasteiger partial charge in [-0.15, -0.1) is 0 Å². The van der Waals surface area contributed by atoms with Gasteiger partial charge in [0.15, 0.2) is 0 Å². The molecule has 162 valence electrons. The molecule has 2 amide bonds. The minimum absolute atomic E-state index is 0.169. The summed E-state index contributed by atoms with van der Waals surface area (Å²) in [5.41, 5.74) is 0.881. The third-order valence-corrected chi connectivity index (χ3v) is 7.27. The number of hydrogen-bond donors (Lipinski definition) is 1. The van der Waals surface area contributed by atoms with Gasteiger partial charge in [-0.1, -0.05) is 48.5 Å². The molecular weight excluding hydrogens is 424 g/mol. The zero-order valence-corrected chi connectivity index (χ0v) is 17.0. The van der Waals surface area contributed by atoms with E-state index in [0.717, 1.165) is 16.0 Å². The van der Waals surface area contributed by atoms with E-state index in [4.69, 9.17) is 0 Å². The van der Waals surface area contributed by atoms with Gasteiger partial charge in [0, 0.05) is 18.1 Å². The number of benzene rings is 3. The number of nitro benzene ring substituents is 1. The van der Waals surface area contributed by atoms with Gasteiger partial charge in [-0.2, -0.15) is 0 Å². The van der Waals surface area contributed by atoms with Gasteiger partial charge < -0.3 is 5.11 Å². The van der Waals surface area contributed by atoms with Gasteiger partial charge in [-0.25, -0.2) is 4.90 Å². The van der Waals surface area contributed by atoms with Crippen LogP contribution >= 0.6 is 0 Å². The zero-order valence-electron chi connectivity index (χ0n) is 17.0. The minimum atomic E-state index is -1.70. The van der Waals surface area contributed by atoms with E-state index in [0.29, 0.717) is 11.1 Å². The number of imide groups is 1. The maximum absolute atomic E-state index is 13.8. The monoisotopic (exact) mass is 440 g/mol. The molecule has 0 aromatic heterocycles. The van der Waals surface area contributed by atoms with E-state index in [1.165, 1.54) is 24.3 Å². The van der Waals surface area contributed by atoms with Crippen molar-refractivity contribution in [3.63, 3.8) is 0 Å². The predicted molar refractivity (Wildman–Crippen MR) is 116 cm³/mol. The quantitative estimate of drug-likeness (QED) is 0.380. The van der Waals surface area contributed by atoms with Crippen molar-refractivity contribution < 1.29 is 24.4 Å². The lowest BCUT2D eigenvalue weighted by atomic mass is 9.47. The van der Waals surface area contributed by atoms with Crippen LogP contribution in [0.1, 0.15) is 28.2 Å². The summed E-state index contributed by atoms with van der Waals surface area (Å²) >= 11 is 0. The zero-order chi connectivity index (χ0) is 23.1. The molecule has 3 aromatic rings. The summed E-state index contributed by atoms with van der Waals surface area (Å²) in [7, 11) is 0. The second-order valence-corrected chi connectivity index (χ2v) is 8.55. The number of nitrogens with zero attached hydrogens (tertiary/aromatic N) is 2. The molecule has 2 bridgehead atoms. The van der Waals surface area contributed by atoms with Crippen molar-refractivity contribution in [2.24, 2.45) is 11.8 Å². The van der Waals surface area contributed by atoms with Crippen LogP contribution < -0.4 is 4.90 Å². The third kappa shape index (κ3) is 2.17. The lowest BCUT2D eigenvalue weighted by Gasteiger charge is -2.51. The first-order valence-electron chi connectivity index (χ1n) is 10.4. The Hall–Kier alpha value is -4.33. The van der Waals surface area contributed by atoms with E-state index < -0.39 is 45.9 Å². The van der Waals surface area contributed by atoms with E-state index in [9.17, 15) is 29.6 Å². The molecule has 0 saturated carbocycles. The van der Waals surface area contributed by atoms with E-state index in [-0.39, 0.29) is 11.4 Å². The molecule has 1 fully saturated rings. The van der Waals surface area contributed by atoms with Gasteiger partial charge in [0.1, 0.15) is 5.41 Å². The van der Waals surface area contributed by atoms with Gasteiger partial charge in [0.2, 0.25) is 11.8 Å². The van der Waals surface area contributed by atoms with Crippen LogP contribution in [0, 0.1) is 22.0 Å². The minimum Gasteiger partial charge on any atom is -0.480 e. The van der Waals surface area contributed by atoms with E-state index >= 15 is 0 Å². The lowest BCUT2D eigenvalue weighted by molar-refractivity contribution is -0.384. The fourth-order valence-electron chi connectivity index (χ4n) is 6.11. The molecular formula is C25H16N2O6. The molecule has 2 atom stereocenters. The third-order valence-electron chi connectivity index (χ3n) is 7.27. The van der Waals surface area contributed by atoms with E-state index in [1.54, 1.807) is 24.3 Å². The second kappa shape index (κ2) is 6.35. The van der Waals surface area contributed by atoms with Crippen molar-refractivity contribution in [1.29, 1.82) is 0 Å². The van der Waals surface area contributed by atoms with Gasteiger partial charge >= 0.3 is 5.97 Å². The smallest absolute Gasteiger partial charge is 0.319 e. The summed E-state index contributed by atoms with van der Waals surface area (Å²) in [4.78, 5) is 52.0. The highest BCUT2D eigenvalue weighted by atomic mass is 16.6. The number of nitro groups is 1. The fourth-order valence-corrected chi connectivity index (χ4v) is 6.11. The highest BCUT2D eigenvalue weighted by molar-refractivity contribution is 6.25. The first kappa shape index (κ1) is 19.4. The number of carboxylic acids is 1. The Morgan fingerprint density at radius 1 is 0.879 bits per heavy atom. The molecule has 4 aliphatic rings. The van der Waals surface area contributed by atoms with Crippen molar-refractivity contribution >= 4 is 29.2 Å². The number of carboxylic acid groups (broad SMARTS) is 1. The van der Waals surface area contributed by atoms with E-state index in [1.807, 2.05) is 24.3 Å². The molecule has 1 N–H and O–H groups in total. The van der Waals surface area contributed by atoms with Crippen LogP contribution in [0.4, 0.5) is 11.4 Å². The van der Waals surface area contributed by atoms with Gasteiger partial charge in [-0.3, -0.25) is 24.5 Å². The number of rotatable bonds is 3. The number of anilines is 1. The van der Waals surface area contributed by atoms with Crippen molar-refractivity contribution in [2.45, 2.75) is 11.3 Å². The number of aliphatic carboxylic acids is 1. The summed E-state index contributed by atoms with van der Waals surface area (Å²) in [6.45, 7) is 0. The molecule has 0 radical (unpaired) electrons. The van der Waals surface area contributed by atoms with E-state index in [2.05, 4.69) is 0 Å². The standard InChI is InChI=1S/C25H16N2O6/c28-22-20-19-15-5-1-3-7-17(15)25(24(30)31,18-8-4-2-6-16(18)19)21(20)23(29)26(22)13-9-11-14(12-10-13)27(32)33/h1-12,19-21H,(H,30,31)/t19?,20-,21+,25?/m0/s1. The van der Waals surface area contributed by atoms with Crippen LogP contribution in [0.2, 0.25) is 0 Å². The fraction of sp³-hybridized carbons (Fsp3) is 0.160. The highest BCUT2D eigenvalue weighted by Gasteiger charge is 2.71. The molecule has 1 aliphatic heterocycles. The van der Waals surface area contributed by atoms with Crippen LogP contribution in [0.25, 0.3) is 0 Å². The maximum Gasteiger partial charge on any atom is 0.319 e. The summed E-state index contributed by atoms with van der Waals surface area (Å²) in [5, 5.41) is 21.7. The average molecular weight is 440 g/mol. The molecule has 33 heavy (non-hydrogen) atoms. The van der Waals surface area contributed by atoms with Gasteiger partial charge in [0.05, 0.1) is 22.4 Å². The summed E-state index contributed by atoms with van der Waals surface area (Å²) in [6, 6.07) is 19.4. The van der Waals surface area contributed by atoms with Crippen molar-refractivity contribution in [2.75, 3.05) is 4.90 Å². The summed E-state index contributed by atoms with van der Waals surface area (Å²) in [5.74, 6) is -4.72. The first-order chi connectivity index (χ1) is 15.9. The Morgan fingerprint density at radius 3 is 1.94 bits per heavy atom. The summed E-state index contributed by atoms with van der Waals surface area (Å²) in [6.07, 6.45) is 0. The molecule has 0 spiro atoms. The largest absolute Gasteiger partial charge is 0.480 e. The Morgan fingerprint density at radius 2 is 1.42 bits per heavy atom. The average Bonchev–Trinajstić information content (AvgIpc) is 3.09. The summed E-state index contributed by atoms with van der Waals surface area (Å²) < 4.78 is 0. The molecule has 7 rings (SSSR count). The highest BCUT2D eigenvalue weighted by Crippen LogP contribution is 2.64. The van der Waals surface area contributed by atoms with Crippen LogP contribution in [0.5, 0.6) is 0 Å². The Bertz CT molecular complexity index is 1350. The van der Waals surface area contributed by atoms with Crippen LogP contribution in [0.3, 0.4) is 0 Å². The number of amides is 2. The Labute approximate surface area is 187 Å². The maximum atomic E-state index is 13.8. The molecule has 1 heterocycles. The Kier molecular flexibility index (Phi) is 3.73. The molecule has 0 unspecified atom stereocenters. The van der Waals surface area contributed by atoms with Crippen LogP contribution in [-0.2, 0) is 19.8 Å². The molecule has 3 aliphatic carbocycles. The SMILES string of the molecule is O=C1[C@H]2C3c4ccccc4C(C(=O)O)(c4ccccc43)[C@H]2C(=O)N1c1ccc([N+](=O)[O-])cc1. The first-order valence-corrected chi connectivity index (χ1v) is 10.4. The van der Waals surface area contributed by atoms with Gasteiger partial charge in [-0.05, 0) is 34.4 Å². The number of carbonyl (C=O) groups is 3. The number of carbonyl (C=O) groups excluding carboxylic acids is 2. The van der Waals surface area contributed by atoms with Crippen LogP contribution in [-0.4, -0.2) is 27.8 Å². The number of non-ortho nitro benzene ring substituents is 1. The second-order valence-electron chi connectivity index (χ2n) is 8.55. The predicted octanol–water partition coefficient (Wildman–Crippen LogP) is 3.23. The Balaban J connectivity index is 1.61.